The number of hydrogen-bond acceptors (Lipinski definition) is 3. The summed E-state index contributed by atoms with van der Waals surface area (Å²) in [6, 6.07) is 1.83. The summed E-state index contributed by atoms with van der Waals surface area (Å²) in [5, 5.41) is 4.17. The molecule has 0 aliphatic heterocycles. The third-order valence-corrected chi connectivity index (χ3v) is 2.63. The summed E-state index contributed by atoms with van der Waals surface area (Å²) in [4.78, 5) is 11.5. The van der Waals surface area contributed by atoms with E-state index in [-0.39, 0.29) is 5.97 Å². The van der Waals surface area contributed by atoms with Crippen LogP contribution in [0.5, 0.6) is 0 Å². The highest BCUT2D eigenvalue weighted by Crippen LogP contribution is 2.20. The van der Waals surface area contributed by atoms with Crippen LogP contribution in [-0.2, 0) is 11.8 Å². The highest BCUT2D eigenvalue weighted by atomic mass is 16.5. The summed E-state index contributed by atoms with van der Waals surface area (Å²) in [6.45, 7) is 6.48. The van der Waals surface area contributed by atoms with Crippen LogP contribution in [0.25, 0.3) is 0 Å². The van der Waals surface area contributed by atoms with Gasteiger partial charge in [-0.25, -0.2) is 4.79 Å². The maximum absolute atomic E-state index is 11.5. The van der Waals surface area contributed by atoms with Crippen molar-refractivity contribution >= 4 is 5.97 Å². The number of nitrogens with zero attached hydrogens (tertiary/aromatic N) is 2. The molecule has 0 saturated carbocycles. The minimum Gasteiger partial charge on any atom is -0.461 e. The van der Waals surface area contributed by atoms with E-state index in [0.717, 1.165) is 18.5 Å². The molecule has 4 nitrogen and oxygen atoms in total. The zero-order valence-electron chi connectivity index (χ0n) is 10.5. The minimum atomic E-state index is -0.340. The summed E-state index contributed by atoms with van der Waals surface area (Å²) < 4.78 is 6.69. The summed E-state index contributed by atoms with van der Waals surface area (Å²) in [5.74, 6) is 0.0822. The Balaban J connectivity index is 2.84. The molecule has 0 spiro atoms. The molecule has 1 rings (SSSR count). The van der Waals surface area contributed by atoms with Gasteiger partial charge in [-0.2, -0.15) is 5.10 Å². The van der Waals surface area contributed by atoms with Crippen molar-refractivity contribution in [3.8, 4) is 0 Å². The zero-order valence-corrected chi connectivity index (χ0v) is 10.5. The molecule has 4 heteroatoms. The van der Waals surface area contributed by atoms with Crippen molar-refractivity contribution in [1.82, 2.24) is 9.78 Å². The first kappa shape index (κ1) is 12.7. The van der Waals surface area contributed by atoms with Gasteiger partial charge in [0.2, 0.25) is 0 Å². The Hall–Kier alpha value is -1.32. The molecule has 0 aliphatic rings. The lowest BCUT2D eigenvalue weighted by Gasteiger charge is -2.09. The van der Waals surface area contributed by atoms with Crippen LogP contribution in [0.4, 0.5) is 0 Å². The standard InChI is InChI=1S/C12H20N2O2/c1-5-7-9(3)11-8-10(13-14(11)4)12(15)16-6-2/h8-9H,5-7H2,1-4H3. The van der Waals surface area contributed by atoms with Gasteiger partial charge in [0.15, 0.2) is 5.69 Å². The molecule has 0 N–H and O–H groups in total. The predicted molar refractivity (Wildman–Crippen MR) is 62.5 cm³/mol. The summed E-state index contributed by atoms with van der Waals surface area (Å²) >= 11 is 0. The van der Waals surface area contributed by atoms with Crippen LogP contribution < -0.4 is 0 Å². The summed E-state index contributed by atoms with van der Waals surface area (Å²) in [5.41, 5.74) is 1.49. The number of aryl methyl sites for hydroxylation is 1. The van der Waals surface area contributed by atoms with Crippen molar-refractivity contribution in [2.75, 3.05) is 6.61 Å². The van der Waals surface area contributed by atoms with Gasteiger partial charge in [0, 0.05) is 12.7 Å². The van der Waals surface area contributed by atoms with E-state index in [2.05, 4.69) is 18.9 Å². The van der Waals surface area contributed by atoms with Gasteiger partial charge in [0.25, 0.3) is 0 Å². The van der Waals surface area contributed by atoms with E-state index in [4.69, 9.17) is 4.74 Å². The Morgan fingerprint density at radius 1 is 1.56 bits per heavy atom. The van der Waals surface area contributed by atoms with Crippen molar-refractivity contribution in [2.45, 2.75) is 39.5 Å². The lowest BCUT2D eigenvalue weighted by molar-refractivity contribution is 0.0518. The van der Waals surface area contributed by atoms with Gasteiger partial charge in [-0.1, -0.05) is 20.3 Å². The molecule has 0 aromatic carbocycles. The molecule has 0 saturated heterocycles. The van der Waals surface area contributed by atoms with Gasteiger partial charge in [-0.05, 0) is 25.3 Å². The molecule has 90 valence electrons. The van der Waals surface area contributed by atoms with Gasteiger partial charge in [0.1, 0.15) is 0 Å². The first-order chi connectivity index (χ1) is 7.60. The molecule has 0 amide bonds. The van der Waals surface area contributed by atoms with Crippen LogP contribution in [0, 0.1) is 0 Å². The van der Waals surface area contributed by atoms with E-state index in [1.807, 2.05) is 13.1 Å². The predicted octanol–water partition coefficient (Wildman–Crippen LogP) is 2.50. The van der Waals surface area contributed by atoms with Crippen LogP contribution in [-0.4, -0.2) is 22.4 Å². The SMILES string of the molecule is CCCC(C)c1cc(C(=O)OCC)nn1C. The number of ether oxygens (including phenoxy) is 1. The van der Waals surface area contributed by atoms with E-state index in [1.54, 1.807) is 11.6 Å². The first-order valence-electron chi connectivity index (χ1n) is 5.81. The van der Waals surface area contributed by atoms with Crippen molar-refractivity contribution in [2.24, 2.45) is 7.05 Å². The number of esters is 1. The highest BCUT2D eigenvalue weighted by Gasteiger charge is 2.16. The van der Waals surface area contributed by atoms with Crippen LogP contribution in [0.15, 0.2) is 6.07 Å². The molecule has 0 fully saturated rings. The van der Waals surface area contributed by atoms with Gasteiger partial charge >= 0.3 is 5.97 Å². The second kappa shape index (κ2) is 5.68. The topological polar surface area (TPSA) is 44.1 Å². The maximum atomic E-state index is 11.5. The van der Waals surface area contributed by atoms with Crippen molar-refractivity contribution < 1.29 is 9.53 Å². The second-order valence-corrected chi connectivity index (χ2v) is 3.99. The Kier molecular flexibility index (Phi) is 4.52. The van der Waals surface area contributed by atoms with Gasteiger partial charge in [-0.3, -0.25) is 4.68 Å². The Bertz CT molecular complexity index is 358. The largest absolute Gasteiger partial charge is 0.461 e. The summed E-state index contributed by atoms with van der Waals surface area (Å²) in [6.07, 6.45) is 2.23. The van der Waals surface area contributed by atoms with Crippen molar-refractivity contribution in [3.63, 3.8) is 0 Å². The lowest BCUT2D eigenvalue weighted by atomic mass is 10.0. The van der Waals surface area contributed by atoms with Crippen LogP contribution >= 0.6 is 0 Å². The molecular weight excluding hydrogens is 204 g/mol. The molecule has 0 radical (unpaired) electrons. The normalized spacial score (nSPS) is 12.5. The van der Waals surface area contributed by atoms with E-state index in [0.29, 0.717) is 18.2 Å². The maximum Gasteiger partial charge on any atom is 0.358 e. The van der Waals surface area contributed by atoms with Crippen LogP contribution in [0.3, 0.4) is 0 Å². The Labute approximate surface area is 96.6 Å². The van der Waals surface area contributed by atoms with E-state index >= 15 is 0 Å². The Morgan fingerprint density at radius 3 is 2.81 bits per heavy atom. The molecule has 0 aliphatic carbocycles. The van der Waals surface area contributed by atoms with E-state index in [1.165, 1.54) is 0 Å². The van der Waals surface area contributed by atoms with Gasteiger partial charge < -0.3 is 4.74 Å². The molecule has 16 heavy (non-hydrogen) atoms. The fourth-order valence-corrected chi connectivity index (χ4v) is 1.83. The molecule has 0 bridgehead atoms. The third kappa shape index (κ3) is 2.84. The van der Waals surface area contributed by atoms with Crippen LogP contribution in [0.2, 0.25) is 0 Å². The third-order valence-electron chi connectivity index (χ3n) is 2.63. The van der Waals surface area contributed by atoms with Gasteiger partial charge in [0.05, 0.1) is 6.61 Å². The van der Waals surface area contributed by atoms with Crippen LogP contribution in [0.1, 0.15) is 55.7 Å². The first-order valence-corrected chi connectivity index (χ1v) is 5.81. The van der Waals surface area contributed by atoms with Crippen molar-refractivity contribution in [3.05, 3.63) is 17.5 Å². The van der Waals surface area contributed by atoms with Gasteiger partial charge in [-0.15, -0.1) is 0 Å². The van der Waals surface area contributed by atoms with E-state index in [9.17, 15) is 4.79 Å². The molecule has 1 unspecified atom stereocenters. The smallest absolute Gasteiger partial charge is 0.358 e. The second-order valence-electron chi connectivity index (χ2n) is 3.99. The molecule has 1 heterocycles. The molecule has 1 aromatic heterocycles. The highest BCUT2D eigenvalue weighted by molar-refractivity contribution is 5.87. The fraction of sp³-hybridized carbons (Fsp3) is 0.667. The number of aromatic nitrogens is 2. The molecule has 1 aromatic rings. The number of carbonyl (C=O) groups excluding carboxylic acids is 1. The minimum absolute atomic E-state index is 0.340. The number of carbonyl (C=O) groups is 1. The Morgan fingerprint density at radius 2 is 2.25 bits per heavy atom. The zero-order chi connectivity index (χ0) is 12.1. The quantitative estimate of drug-likeness (QED) is 0.722. The summed E-state index contributed by atoms with van der Waals surface area (Å²) in [7, 11) is 1.87. The van der Waals surface area contributed by atoms with Crippen molar-refractivity contribution in [1.29, 1.82) is 0 Å². The number of rotatable bonds is 5. The van der Waals surface area contributed by atoms with E-state index < -0.39 is 0 Å². The lowest BCUT2D eigenvalue weighted by Crippen LogP contribution is -2.06. The number of hydrogen-bond donors (Lipinski definition) is 0. The average Bonchev–Trinajstić information content (AvgIpc) is 2.61. The average molecular weight is 224 g/mol. The molecule has 1 atom stereocenters. The fourth-order valence-electron chi connectivity index (χ4n) is 1.83. The monoisotopic (exact) mass is 224 g/mol. The molecular formula is C12H20N2O2.